The Morgan fingerprint density at radius 3 is 2.67 bits per heavy atom. The molecule has 0 saturated carbocycles. The molecule has 2 N–H and O–H groups in total. The normalized spacial score (nSPS) is 10.3. The second-order valence-electron chi connectivity index (χ2n) is 3.66. The molecule has 0 bridgehead atoms. The fourth-order valence-corrected chi connectivity index (χ4v) is 1.76. The molecule has 0 atom stereocenters. The topological polar surface area (TPSA) is 70.1 Å². The molecule has 0 spiro atoms. The van der Waals surface area contributed by atoms with E-state index in [1.165, 1.54) is 0 Å². The molecule has 0 saturated heterocycles. The molecule has 0 aliphatic heterocycles. The Labute approximate surface area is 113 Å². The van der Waals surface area contributed by atoms with E-state index in [2.05, 4.69) is 21.0 Å². The number of primary amides is 1. The Balaban J connectivity index is 1.85. The van der Waals surface area contributed by atoms with Gasteiger partial charge in [-0.05, 0) is 40.2 Å². The number of ether oxygens (including phenoxy) is 1. The van der Waals surface area contributed by atoms with Crippen molar-refractivity contribution in [1.82, 2.24) is 9.78 Å². The number of halogens is 1. The van der Waals surface area contributed by atoms with E-state index < -0.39 is 5.91 Å². The fourth-order valence-electron chi connectivity index (χ4n) is 1.43. The molecule has 0 aliphatic carbocycles. The van der Waals surface area contributed by atoms with Gasteiger partial charge in [0.05, 0.1) is 17.2 Å². The summed E-state index contributed by atoms with van der Waals surface area (Å²) in [6.45, 7) is 1.16. The Bertz CT molecular complexity index is 537. The smallest absolute Gasteiger partial charge is 0.248 e. The van der Waals surface area contributed by atoms with Crippen LogP contribution in [-0.4, -0.2) is 22.3 Å². The zero-order chi connectivity index (χ0) is 13.0. The number of amides is 1. The Morgan fingerprint density at radius 2 is 2.11 bits per heavy atom. The van der Waals surface area contributed by atoms with E-state index in [1.807, 2.05) is 6.20 Å². The molecule has 1 aromatic heterocycles. The molecule has 1 amide bonds. The third-order valence-corrected chi connectivity index (χ3v) is 2.74. The number of benzene rings is 1. The summed E-state index contributed by atoms with van der Waals surface area (Å²) in [5, 5.41) is 4.11. The minimum absolute atomic E-state index is 0.442. The minimum atomic E-state index is -0.442. The average molecular weight is 310 g/mol. The summed E-state index contributed by atoms with van der Waals surface area (Å²) in [6.07, 6.45) is 3.60. The molecule has 0 radical (unpaired) electrons. The van der Waals surface area contributed by atoms with Crippen molar-refractivity contribution in [3.63, 3.8) is 0 Å². The maximum absolute atomic E-state index is 10.9. The number of hydrogen-bond donors (Lipinski definition) is 1. The molecule has 2 rings (SSSR count). The third kappa shape index (κ3) is 3.33. The quantitative estimate of drug-likeness (QED) is 0.916. The largest absolute Gasteiger partial charge is 0.492 e. The molecular weight excluding hydrogens is 298 g/mol. The first-order valence-electron chi connectivity index (χ1n) is 5.36. The van der Waals surface area contributed by atoms with Gasteiger partial charge in [-0.3, -0.25) is 9.48 Å². The van der Waals surface area contributed by atoms with Crippen LogP contribution in [0.15, 0.2) is 41.1 Å². The lowest BCUT2D eigenvalue weighted by molar-refractivity contribution is 0.100. The minimum Gasteiger partial charge on any atom is -0.492 e. The highest BCUT2D eigenvalue weighted by Gasteiger charge is 2.00. The highest BCUT2D eigenvalue weighted by atomic mass is 79.9. The van der Waals surface area contributed by atoms with Crippen LogP contribution < -0.4 is 10.5 Å². The molecule has 1 aromatic carbocycles. The summed E-state index contributed by atoms with van der Waals surface area (Å²) >= 11 is 3.32. The lowest BCUT2D eigenvalue weighted by atomic mass is 10.2. The van der Waals surface area contributed by atoms with Gasteiger partial charge in [0.1, 0.15) is 12.4 Å². The van der Waals surface area contributed by atoms with Gasteiger partial charge in [-0.2, -0.15) is 5.10 Å². The zero-order valence-electron chi connectivity index (χ0n) is 9.54. The van der Waals surface area contributed by atoms with Crippen molar-refractivity contribution in [1.29, 1.82) is 0 Å². The van der Waals surface area contributed by atoms with Gasteiger partial charge in [0.2, 0.25) is 5.91 Å². The number of aromatic nitrogens is 2. The van der Waals surface area contributed by atoms with Crippen LogP contribution in [0.4, 0.5) is 0 Å². The number of carbonyl (C=O) groups excluding carboxylic acids is 1. The highest BCUT2D eigenvalue weighted by molar-refractivity contribution is 9.10. The summed E-state index contributed by atoms with van der Waals surface area (Å²) < 4.78 is 8.24. The van der Waals surface area contributed by atoms with E-state index in [0.717, 1.165) is 4.47 Å². The molecule has 0 fully saturated rings. The zero-order valence-corrected chi connectivity index (χ0v) is 11.1. The molecular formula is C12H12BrN3O2. The first-order chi connectivity index (χ1) is 8.65. The summed E-state index contributed by atoms with van der Waals surface area (Å²) in [5.74, 6) is 0.258. The molecule has 18 heavy (non-hydrogen) atoms. The molecule has 0 unspecified atom stereocenters. The van der Waals surface area contributed by atoms with Crippen LogP contribution in [0.2, 0.25) is 0 Å². The predicted octanol–water partition coefficient (Wildman–Crippen LogP) is 1.82. The first kappa shape index (κ1) is 12.6. The Hall–Kier alpha value is -1.82. The number of carbonyl (C=O) groups is 1. The van der Waals surface area contributed by atoms with Crippen molar-refractivity contribution < 1.29 is 9.53 Å². The predicted molar refractivity (Wildman–Crippen MR) is 70.4 cm³/mol. The SMILES string of the molecule is NC(=O)c1ccc(OCCn2cc(Br)cn2)cc1. The third-order valence-electron chi connectivity index (χ3n) is 2.33. The van der Waals surface area contributed by atoms with Crippen LogP contribution in [0.1, 0.15) is 10.4 Å². The summed E-state index contributed by atoms with van der Waals surface area (Å²) in [6, 6.07) is 6.72. The summed E-state index contributed by atoms with van der Waals surface area (Å²) in [5.41, 5.74) is 5.62. The molecule has 0 aliphatic rings. The van der Waals surface area contributed by atoms with Crippen molar-refractivity contribution >= 4 is 21.8 Å². The van der Waals surface area contributed by atoms with Crippen molar-refractivity contribution in [2.45, 2.75) is 6.54 Å². The van der Waals surface area contributed by atoms with Gasteiger partial charge in [-0.15, -0.1) is 0 Å². The average Bonchev–Trinajstić information content (AvgIpc) is 2.76. The van der Waals surface area contributed by atoms with Gasteiger partial charge in [0.25, 0.3) is 0 Å². The number of nitrogens with zero attached hydrogens (tertiary/aromatic N) is 2. The second kappa shape index (κ2) is 5.68. The van der Waals surface area contributed by atoms with Crippen LogP contribution in [0, 0.1) is 0 Å². The monoisotopic (exact) mass is 309 g/mol. The molecule has 1 heterocycles. The van der Waals surface area contributed by atoms with Crippen LogP contribution >= 0.6 is 15.9 Å². The van der Waals surface area contributed by atoms with Crippen LogP contribution in [0.25, 0.3) is 0 Å². The van der Waals surface area contributed by atoms with Gasteiger partial charge >= 0.3 is 0 Å². The second-order valence-corrected chi connectivity index (χ2v) is 4.57. The molecule has 6 heteroatoms. The van der Waals surface area contributed by atoms with Crippen molar-refractivity contribution in [2.24, 2.45) is 5.73 Å². The van der Waals surface area contributed by atoms with E-state index in [9.17, 15) is 4.79 Å². The number of hydrogen-bond acceptors (Lipinski definition) is 3. The lowest BCUT2D eigenvalue weighted by Crippen LogP contribution is -2.11. The molecule has 5 nitrogen and oxygen atoms in total. The van der Waals surface area contributed by atoms with Crippen LogP contribution in [0.5, 0.6) is 5.75 Å². The molecule has 2 aromatic rings. The Morgan fingerprint density at radius 1 is 1.39 bits per heavy atom. The Kier molecular flexibility index (Phi) is 3.99. The van der Waals surface area contributed by atoms with Gasteiger partial charge in [-0.1, -0.05) is 0 Å². The van der Waals surface area contributed by atoms with E-state index in [1.54, 1.807) is 35.1 Å². The van der Waals surface area contributed by atoms with Gasteiger partial charge < -0.3 is 10.5 Å². The van der Waals surface area contributed by atoms with Gasteiger partial charge in [0, 0.05) is 11.8 Å². The lowest BCUT2D eigenvalue weighted by Gasteiger charge is -2.06. The molecule has 94 valence electrons. The standard InChI is InChI=1S/C12H12BrN3O2/c13-10-7-15-16(8-10)5-6-18-11-3-1-9(2-4-11)12(14)17/h1-4,7-8H,5-6H2,(H2,14,17). The van der Waals surface area contributed by atoms with E-state index in [-0.39, 0.29) is 0 Å². The highest BCUT2D eigenvalue weighted by Crippen LogP contribution is 2.12. The van der Waals surface area contributed by atoms with Crippen molar-refractivity contribution in [3.05, 3.63) is 46.7 Å². The van der Waals surface area contributed by atoms with Gasteiger partial charge in [-0.25, -0.2) is 0 Å². The first-order valence-corrected chi connectivity index (χ1v) is 6.15. The van der Waals surface area contributed by atoms with E-state index in [4.69, 9.17) is 10.5 Å². The maximum atomic E-state index is 10.9. The van der Waals surface area contributed by atoms with Gasteiger partial charge in [0.15, 0.2) is 0 Å². The van der Waals surface area contributed by atoms with Crippen LogP contribution in [0.3, 0.4) is 0 Å². The van der Waals surface area contributed by atoms with E-state index >= 15 is 0 Å². The van der Waals surface area contributed by atoms with Crippen molar-refractivity contribution in [3.8, 4) is 5.75 Å². The van der Waals surface area contributed by atoms with E-state index in [0.29, 0.717) is 24.5 Å². The number of nitrogens with two attached hydrogens (primary N) is 1. The number of rotatable bonds is 5. The van der Waals surface area contributed by atoms with Crippen molar-refractivity contribution in [2.75, 3.05) is 6.61 Å². The van der Waals surface area contributed by atoms with Crippen LogP contribution in [-0.2, 0) is 6.54 Å². The maximum Gasteiger partial charge on any atom is 0.248 e. The fraction of sp³-hybridized carbons (Fsp3) is 0.167. The summed E-state index contributed by atoms with van der Waals surface area (Å²) in [4.78, 5) is 10.9. The summed E-state index contributed by atoms with van der Waals surface area (Å²) in [7, 11) is 0.